The van der Waals surface area contributed by atoms with Gasteiger partial charge in [-0.1, -0.05) is 30.3 Å². The molecule has 1 amide bonds. The molecule has 1 heterocycles. The lowest BCUT2D eigenvalue weighted by Gasteiger charge is -2.41. The fraction of sp³-hybridized carbons (Fsp3) is 0.588. The number of hydrogen-bond acceptors (Lipinski definition) is 5. The minimum absolute atomic E-state index is 0.0276. The molecule has 1 aromatic rings. The molecule has 0 aromatic heterocycles. The summed E-state index contributed by atoms with van der Waals surface area (Å²) >= 11 is 0. The van der Waals surface area contributed by atoms with Crippen molar-refractivity contribution in [3.05, 3.63) is 35.9 Å². The molecule has 0 saturated carbocycles. The average molecular weight is 323 g/mol. The average Bonchev–Trinajstić information content (AvgIpc) is 2.47. The van der Waals surface area contributed by atoms with Crippen molar-refractivity contribution in [1.29, 1.82) is 0 Å². The number of piperidine rings is 1. The van der Waals surface area contributed by atoms with Crippen LogP contribution in [-0.2, 0) is 16.1 Å². The molecule has 0 radical (unpaired) electrons. The van der Waals surface area contributed by atoms with Gasteiger partial charge in [0, 0.05) is 13.0 Å². The smallest absolute Gasteiger partial charge is 0.410 e. The third-order valence-electron chi connectivity index (χ3n) is 3.64. The molecule has 0 bridgehead atoms. The van der Waals surface area contributed by atoms with E-state index in [1.807, 2.05) is 30.3 Å². The van der Waals surface area contributed by atoms with Crippen LogP contribution in [0.25, 0.3) is 0 Å². The van der Waals surface area contributed by atoms with Crippen molar-refractivity contribution in [3.63, 3.8) is 0 Å². The first-order valence-electron chi connectivity index (χ1n) is 7.76. The van der Waals surface area contributed by atoms with Crippen LogP contribution in [0.15, 0.2) is 30.3 Å². The second-order valence-corrected chi connectivity index (χ2v) is 6.81. The van der Waals surface area contributed by atoms with Crippen LogP contribution < -0.4 is 0 Å². The number of aliphatic hydroxyl groups is 2. The van der Waals surface area contributed by atoms with E-state index in [0.29, 0.717) is 0 Å². The number of hydrogen-bond donors (Lipinski definition) is 2. The first-order valence-corrected chi connectivity index (χ1v) is 7.76. The molecule has 1 saturated heterocycles. The van der Waals surface area contributed by atoms with Gasteiger partial charge in [0.25, 0.3) is 0 Å². The highest BCUT2D eigenvalue weighted by atomic mass is 16.6. The Balaban J connectivity index is 1.91. The Bertz CT molecular complexity index is 528. The summed E-state index contributed by atoms with van der Waals surface area (Å²) in [6.45, 7) is 5.78. The van der Waals surface area contributed by atoms with E-state index in [4.69, 9.17) is 9.47 Å². The number of amides is 1. The molecule has 0 spiro atoms. The van der Waals surface area contributed by atoms with E-state index < -0.39 is 23.6 Å². The Morgan fingerprint density at radius 1 is 1.35 bits per heavy atom. The van der Waals surface area contributed by atoms with E-state index in [9.17, 15) is 15.0 Å². The molecule has 2 N–H and O–H groups in total. The van der Waals surface area contributed by atoms with Gasteiger partial charge in [-0.05, 0) is 26.3 Å². The molecule has 1 aliphatic rings. The summed E-state index contributed by atoms with van der Waals surface area (Å²) in [5.41, 5.74) is 0.308. The summed E-state index contributed by atoms with van der Waals surface area (Å²) in [5.74, 6) is -1.66. The van der Waals surface area contributed by atoms with Gasteiger partial charge in [0.15, 0.2) is 5.79 Å². The predicted octanol–water partition coefficient (Wildman–Crippen LogP) is 1.89. The normalized spacial score (nSPS) is 25.3. The van der Waals surface area contributed by atoms with Crippen LogP contribution in [0.5, 0.6) is 0 Å². The van der Waals surface area contributed by atoms with Gasteiger partial charge in [-0.3, -0.25) is 0 Å². The molecular formula is C17H25NO5. The summed E-state index contributed by atoms with van der Waals surface area (Å²) in [6.07, 6.45) is -1.56. The SMILES string of the molecule is CC(C)(C)OC(=O)N1CC[C@](O)(OCc2ccccc2)[C@@H](O)C1. The third-order valence-corrected chi connectivity index (χ3v) is 3.64. The summed E-state index contributed by atoms with van der Waals surface area (Å²) in [7, 11) is 0. The number of nitrogens with zero attached hydrogens (tertiary/aromatic N) is 1. The second-order valence-electron chi connectivity index (χ2n) is 6.81. The topological polar surface area (TPSA) is 79.2 Å². The van der Waals surface area contributed by atoms with Crippen molar-refractivity contribution in [2.45, 2.75) is 51.3 Å². The molecule has 1 fully saturated rings. The summed E-state index contributed by atoms with van der Waals surface area (Å²) in [6, 6.07) is 9.41. The molecule has 0 aliphatic carbocycles. The molecule has 128 valence electrons. The minimum Gasteiger partial charge on any atom is -0.444 e. The number of carbonyl (C=O) groups is 1. The fourth-order valence-electron chi connectivity index (χ4n) is 2.35. The Morgan fingerprint density at radius 2 is 2.00 bits per heavy atom. The Hall–Kier alpha value is -1.63. The number of ether oxygens (including phenoxy) is 2. The number of aliphatic hydroxyl groups excluding tert-OH is 1. The van der Waals surface area contributed by atoms with Crippen molar-refractivity contribution < 1.29 is 24.5 Å². The van der Waals surface area contributed by atoms with Gasteiger partial charge >= 0.3 is 6.09 Å². The van der Waals surface area contributed by atoms with E-state index in [0.717, 1.165) is 5.56 Å². The van der Waals surface area contributed by atoms with Crippen LogP contribution in [0.4, 0.5) is 4.79 Å². The predicted molar refractivity (Wildman–Crippen MR) is 84.6 cm³/mol. The van der Waals surface area contributed by atoms with Gasteiger partial charge in [-0.25, -0.2) is 4.79 Å². The fourth-order valence-corrected chi connectivity index (χ4v) is 2.35. The molecule has 1 aliphatic heterocycles. The van der Waals surface area contributed by atoms with E-state index in [-0.39, 0.29) is 26.1 Å². The molecule has 6 heteroatoms. The molecule has 23 heavy (non-hydrogen) atoms. The highest BCUT2D eigenvalue weighted by molar-refractivity contribution is 5.68. The van der Waals surface area contributed by atoms with Gasteiger partial charge in [0.05, 0.1) is 13.2 Å². The summed E-state index contributed by atoms with van der Waals surface area (Å²) < 4.78 is 10.8. The zero-order chi connectivity index (χ0) is 17.1. The number of β-amino-alcohol motifs (C(OH)–C–C–N with tert-alkyl or cyclic N) is 1. The maximum absolute atomic E-state index is 12.0. The van der Waals surface area contributed by atoms with Gasteiger partial charge in [-0.2, -0.15) is 0 Å². The van der Waals surface area contributed by atoms with Gasteiger partial charge in [-0.15, -0.1) is 0 Å². The second kappa shape index (κ2) is 6.86. The third kappa shape index (κ3) is 4.92. The lowest BCUT2D eigenvalue weighted by molar-refractivity contribution is -0.280. The zero-order valence-electron chi connectivity index (χ0n) is 13.9. The Morgan fingerprint density at radius 3 is 2.57 bits per heavy atom. The molecule has 2 rings (SSSR count). The largest absolute Gasteiger partial charge is 0.444 e. The van der Waals surface area contributed by atoms with Crippen LogP contribution in [0.1, 0.15) is 32.8 Å². The van der Waals surface area contributed by atoms with E-state index in [1.54, 1.807) is 20.8 Å². The standard InChI is InChI=1S/C17H25NO5/c1-16(2,3)23-15(20)18-10-9-17(21,14(19)11-18)22-12-13-7-5-4-6-8-13/h4-8,14,19,21H,9-12H2,1-3H3/t14-,17-/m0/s1. The lowest BCUT2D eigenvalue weighted by Crippen LogP contribution is -2.58. The number of carbonyl (C=O) groups excluding carboxylic acids is 1. The van der Waals surface area contributed by atoms with Crippen LogP contribution in [0, 0.1) is 0 Å². The minimum atomic E-state index is -1.66. The highest BCUT2D eigenvalue weighted by Gasteiger charge is 2.43. The Labute approximate surface area is 136 Å². The van der Waals surface area contributed by atoms with E-state index in [1.165, 1.54) is 4.90 Å². The van der Waals surface area contributed by atoms with Gasteiger partial charge < -0.3 is 24.6 Å². The monoisotopic (exact) mass is 323 g/mol. The molecule has 6 nitrogen and oxygen atoms in total. The lowest BCUT2D eigenvalue weighted by atomic mass is 10.0. The zero-order valence-corrected chi connectivity index (χ0v) is 13.9. The van der Waals surface area contributed by atoms with Gasteiger partial charge in [0.1, 0.15) is 11.7 Å². The molecule has 2 atom stereocenters. The molecule has 1 aromatic carbocycles. The first-order chi connectivity index (χ1) is 10.7. The van der Waals surface area contributed by atoms with Crippen LogP contribution in [0.3, 0.4) is 0 Å². The van der Waals surface area contributed by atoms with E-state index >= 15 is 0 Å². The maximum Gasteiger partial charge on any atom is 0.410 e. The number of rotatable bonds is 3. The number of likely N-dealkylation sites (tertiary alicyclic amines) is 1. The molecule has 0 unspecified atom stereocenters. The molecular weight excluding hydrogens is 298 g/mol. The van der Waals surface area contributed by atoms with Crippen molar-refractivity contribution in [2.24, 2.45) is 0 Å². The highest BCUT2D eigenvalue weighted by Crippen LogP contribution is 2.26. The quantitative estimate of drug-likeness (QED) is 0.831. The van der Waals surface area contributed by atoms with Crippen molar-refractivity contribution in [1.82, 2.24) is 4.90 Å². The van der Waals surface area contributed by atoms with E-state index in [2.05, 4.69) is 0 Å². The van der Waals surface area contributed by atoms with Crippen LogP contribution in [-0.4, -0.2) is 51.8 Å². The van der Waals surface area contributed by atoms with Crippen LogP contribution >= 0.6 is 0 Å². The van der Waals surface area contributed by atoms with Crippen molar-refractivity contribution in [2.75, 3.05) is 13.1 Å². The maximum atomic E-state index is 12.0. The van der Waals surface area contributed by atoms with Crippen molar-refractivity contribution in [3.8, 4) is 0 Å². The summed E-state index contributed by atoms with van der Waals surface area (Å²) in [4.78, 5) is 13.4. The van der Waals surface area contributed by atoms with Crippen LogP contribution in [0.2, 0.25) is 0 Å². The Kier molecular flexibility index (Phi) is 5.29. The first kappa shape index (κ1) is 17.7. The number of benzene rings is 1. The van der Waals surface area contributed by atoms with Crippen molar-refractivity contribution >= 4 is 6.09 Å². The van der Waals surface area contributed by atoms with Gasteiger partial charge in [0.2, 0.25) is 0 Å². The summed E-state index contributed by atoms with van der Waals surface area (Å²) in [5, 5.41) is 20.7.